The van der Waals surface area contributed by atoms with Crippen molar-refractivity contribution >= 4 is 5.97 Å². The van der Waals surface area contributed by atoms with Gasteiger partial charge >= 0.3 is 5.97 Å². The Morgan fingerprint density at radius 1 is 1.35 bits per heavy atom. The summed E-state index contributed by atoms with van der Waals surface area (Å²) < 4.78 is 9.85. The van der Waals surface area contributed by atoms with Crippen LogP contribution >= 0.6 is 0 Å². The maximum Gasteiger partial charge on any atom is 0.337 e. The van der Waals surface area contributed by atoms with Crippen LogP contribution in [0.1, 0.15) is 10.4 Å². The first-order chi connectivity index (χ1) is 8.26. The van der Waals surface area contributed by atoms with Gasteiger partial charge in [0, 0.05) is 0 Å². The molecular formula is C11H11N3O3. The molecule has 2 rings (SSSR count). The normalized spacial score (nSPS) is 10.0. The summed E-state index contributed by atoms with van der Waals surface area (Å²) in [5.74, 6) is 0.732. The largest absolute Gasteiger partial charge is 0.496 e. The number of H-pyrrole nitrogens is 1. The van der Waals surface area contributed by atoms with Crippen LogP contribution in [0.3, 0.4) is 0 Å². The minimum absolute atomic E-state index is 0.409. The van der Waals surface area contributed by atoms with Crippen LogP contribution in [0.15, 0.2) is 24.5 Å². The minimum Gasteiger partial charge on any atom is -0.496 e. The van der Waals surface area contributed by atoms with Gasteiger partial charge in [0.25, 0.3) is 0 Å². The number of benzene rings is 1. The van der Waals surface area contributed by atoms with Gasteiger partial charge in [-0.3, -0.25) is 5.10 Å². The predicted octanol–water partition coefficient (Wildman–Crippen LogP) is 1.27. The molecule has 6 nitrogen and oxygen atoms in total. The van der Waals surface area contributed by atoms with Gasteiger partial charge in [0.05, 0.1) is 25.3 Å². The van der Waals surface area contributed by atoms with Gasteiger partial charge in [0.15, 0.2) is 5.82 Å². The van der Waals surface area contributed by atoms with E-state index in [0.29, 0.717) is 22.7 Å². The van der Waals surface area contributed by atoms with Gasteiger partial charge in [-0.15, -0.1) is 0 Å². The van der Waals surface area contributed by atoms with Gasteiger partial charge in [-0.05, 0) is 18.2 Å². The van der Waals surface area contributed by atoms with Crippen LogP contribution in [0.2, 0.25) is 0 Å². The highest BCUT2D eigenvalue weighted by Crippen LogP contribution is 2.28. The van der Waals surface area contributed by atoms with Crippen LogP contribution in [-0.4, -0.2) is 35.4 Å². The molecule has 0 atom stereocenters. The number of hydrogen-bond donors (Lipinski definition) is 1. The van der Waals surface area contributed by atoms with Gasteiger partial charge in [-0.2, -0.15) is 5.10 Å². The third-order valence-electron chi connectivity index (χ3n) is 2.29. The second kappa shape index (κ2) is 4.65. The lowest BCUT2D eigenvalue weighted by atomic mass is 10.1. The number of carbonyl (C=O) groups is 1. The van der Waals surface area contributed by atoms with E-state index in [1.54, 1.807) is 25.3 Å². The summed E-state index contributed by atoms with van der Waals surface area (Å²) in [6.07, 6.45) is 1.39. The maximum absolute atomic E-state index is 11.4. The lowest BCUT2D eigenvalue weighted by Crippen LogP contribution is -2.02. The monoisotopic (exact) mass is 233 g/mol. The van der Waals surface area contributed by atoms with E-state index < -0.39 is 5.97 Å². The van der Waals surface area contributed by atoms with E-state index in [1.165, 1.54) is 13.4 Å². The van der Waals surface area contributed by atoms with Gasteiger partial charge in [0.1, 0.15) is 12.1 Å². The number of hydrogen-bond acceptors (Lipinski definition) is 5. The second-order valence-electron chi connectivity index (χ2n) is 3.24. The fraction of sp³-hybridized carbons (Fsp3) is 0.182. The van der Waals surface area contributed by atoms with E-state index in [0.717, 1.165) is 0 Å². The molecule has 0 saturated heterocycles. The fourth-order valence-electron chi connectivity index (χ4n) is 1.47. The molecule has 2 aromatic rings. The fourth-order valence-corrected chi connectivity index (χ4v) is 1.47. The number of aromatic nitrogens is 3. The molecule has 0 aliphatic carbocycles. The number of aromatic amines is 1. The number of rotatable bonds is 3. The Hall–Kier alpha value is -2.37. The molecule has 6 heteroatoms. The lowest BCUT2D eigenvalue weighted by molar-refractivity contribution is 0.0601. The molecule has 0 aliphatic rings. The predicted molar refractivity (Wildman–Crippen MR) is 59.7 cm³/mol. The van der Waals surface area contributed by atoms with Crippen LogP contribution in [0.5, 0.6) is 5.75 Å². The molecule has 0 unspecified atom stereocenters. The Bertz CT molecular complexity index is 523. The molecule has 0 radical (unpaired) electrons. The standard InChI is InChI=1S/C11H11N3O3/c1-16-9-4-3-7(11(15)17-2)5-8(9)10-12-6-13-14-10/h3-6H,1-2H3,(H,12,13,14). The van der Waals surface area contributed by atoms with E-state index in [2.05, 4.69) is 19.9 Å². The van der Waals surface area contributed by atoms with Crippen LogP contribution in [-0.2, 0) is 4.74 Å². The molecule has 1 heterocycles. The number of methoxy groups -OCH3 is 2. The molecule has 0 saturated carbocycles. The molecule has 0 fully saturated rings. The van der Waals surface area contributed by atoms with Crippen molar-refractivity contribution in [3.05, 3.63) is 30.1 Å². The minimum atomic E-state index is -0.409. The highest BCUT2D eigenvalue weighted by molar-refractivity contribution is 5.91. The van der Waals surface area contributed by atoms with Crippen molar-refractivity contribution in [1.29, 1.82) is 0 Å². The molecule has 0 amide bonds. The number of ether oxygens (including phenoxy) is 2. The van der Waals surface area contributed by atoms with E-state index in [-0.39, 0.29) is 0 Å². The van der Waals surface area contributed by atoms with E-state index in [9.17, 15) is 4.79 Å². The van der Waals surface area contributed by atoms with Crippen molar-refractivity contribution in [3.8, 4) is 17.1 Å². The first-order valence-corrected chi connectivity index (χ1v) is 4.88. The Balaban J connectivity index is 2.51. The van der Waals surface area contributed by atoms with Gasteiger partial charge in [0.2, 0.25) is 0 Å². The average Bonchev–Trinajstić information content (AvgIpc) is 2.90. The first kappa shape index (κ1) is 11.1. The summed E-state index contributed by atoms with van der Waals surface area (Å²) >= 11 is 0. The summed E-state index contributed by atoms with van der Waals surface area (Å²) in [4.78, 5) is 15.4. The van der Waals surface area contributed by atoms with Gasteiger partial charge in [-0.25, -0.2) is 9.78 Å². The highest BCUT2D eigenvalue weighted by Gasteiger charge is 2.13. The number of nitrogens with zero attached hydrogens (tertiary/aromatic N) is 2. The summed E-state index contributed by atoms with van der Waals surface area (Å²) in [6.45, 7) is 0. The molecular weight excluding hydrogens is 222 g/mol. The number of esters is 1. The zero-order chi connectivity index (χ0) is 12.3. The highest BCUT2D eigenvalue weighted by atomic mass is 16.5. The van der Waals surface area contributed by atoms with E-state index >= 15 is 0 Å². The Morgan fingerprint density at radius 3 is 2.76 bits per heavy atom. The van der Waals surface area contributed by atoms with Crippen molar-refractivity contribution < 1.29 is 14.3 Å². The van der Waals surface area contributed by atoms with Crippen LogP contribution in [0.25, 0.3) is 11.4 Å². The van der Waals surface area contributed by atoms with Gasteiger partial charge < -0.3 is 9.47 Å². The Labute approximate surface area is 97.6 Å². The smallest absolute Gasteiger partial charge is 0.337 e. The zero-order valence-corrected chi connectivity index (χ0v) is 9.43. The molecule has 1 aromatic heterocycles. The lowest BCUT2D eigenvalue weighted by Gasteiger charge is -2.07. The third-order valence-corrected chi connectivity index (χ3v) is 2.29. The van der Waals surface area contributed by atoms with Crippen LogP contribution < -0.4 is 4.74 Å². The van der Waals surface area contributed by atoms with Gasteiger partial charge in [-0.1, -0.05) is 0 Å². The quantitative estimate of drug-likeness (QED) is 0.808. The second-order valence-corrected chi connectivity index (χ2v) is 3.24. The molecule has 88 valence electrons. The van der Waals surface area contributed by atoms with Crippen LogP contribution in [0, 0.1) is 0 Å². The first-order valence-electron chi connectivity index (χ1n) is 4.88. The number of carbonyl (C=O) groups excluding carboxylic acids is 1. The maximum atomic E-state index is 11.4. The summed E-state index contributed by atoms with van der Waals surface area (Å²) in [5, 5.41) is 6.48. The Kier molecular flexibility index (Phi) is 3.04. The van der Waals surface area contributed by atoms with Crippen molar-refractivity contribution in [2.45, 2.75) is 0 Å². The third kappa shape index (κ3) is 2.10. The molecule has 1 N–H and O–H groups in total. The molecule has 0 spiro atoms. The zero-order valence-electron chi connectivity index (χ0n) is 9.43. The average molecular weight is 233 g/mol. The van der Waals surface area contributed by atoms with Crippen molar-refractivity contribution in [2.24, 2.45) is 0 Å². The van der Waals surface area contributed by atoms with E-state index in [1.807, 2.05) is 0 Å². The summed E-state index contributed by atoms with van der Waals surface area (Å²) in [5.41, 5.74) is 1.09. The molecule has 17 heavy (non-hydrogen) atoms. The van der Waals surface area contributed by atoms with Crippen molar-refractivity contribution in [1.82, 2.24) is 15.2 Å². The Morgan fingerprint density at radius 2 is 2.18 bits per heavy atom. The topological polar surface area (TPSA) is 77.1 Å². The molecule has 0 bridgehead atoms. The van der Waals surface area contributed by atoms with E-state index in [4.69, 9.17) is 4.74 Å². The molecule has 1 aromatic carbocycles. The summed E-state index contributed by atoms with van der Waals surface area (Å²) in [6, 6.07) is 4.96. The molecule has 0 aliphatic heterocycles. The van der Waals surface area contributed by atoms with Crippen LogP contribution in [0.4, 0.5) is 0 Å². The SMILES string of the molecule is COC(=O)c1ccc(OC)c(-c2ncn[nH]2)c1. The van der Waals surface area contributed by atoms with Crippen molar-refractivity contribution in [2.75, 3.05) is 14.2 Å². The summed E-state index contributed by atoms with van der Waals surface area (Å²) in [7, 11) is 2.88. The van der Waals surface area contributed by atoms with Crippen molar-refractivity contribution in [3.63, 3.8) is 0 Å². The number of nitrogens with one attached hydrogen (secondary N) is 1.